The summed E-state index contributed by atoms with van der Waals surface area (Å²) >= 11 is 0. The molecule has 0 aliphatic heterocycles. The summed E-state index contributed by atoms with van der Waals surface area (Å²) in [4.78, 5) is 32.3. The molecule has 5 rings (SSSR count). The lowest BCUT2D eigenvalue weighted by atomic mass is 9.95. The van der Waals surface area contributed by atoms with Crippen LogP contribution in [0.3, 0.4) is 0 Å². The van der Waals surface area contributed by atoms with E-state index in [9.17, 15) is 9.59 Å². The van der Waals surface area contributed by atoms with E-state index in [2.05, 4.69) is 4.98 Å². The Hall–Kier alpha value is -4.93. The maximum Gasteiger partial charge on any atom is 0.356 e. The Kier molecular flexibility index (Phi) is 11.7. The molecule has 3 aromatic carbocycles. The first kappa shape index (κ1) is 34.6. The Labute approximate surface area is 272 Å². The van der Waals surface area contributed by atoms with Gasteiger partial charge in [-0.2, -0.15) is 0 Å². The minimum absolute atomic E-state index is 0. The second-order valence-corrected chi connectivity index (χ2v) is 9.41. The average molecular weight is 655 g/mol. The van der Waals surface area contributed by atoms with Gasteiger partial charge in [0.05, 0.1) is 39.0 Å². The molecule has 45 heavy (non-hydrogen) atoms. The second kappa shape index (κ2) is 15.2. The Morgan fingerprint density at radius 2 is 1.56 bits per heavy atom. The second-order valence-electron chi connectivity index (χ2n) is 9.41. The average Bonchev–Trinajstić information content (AvgIpc) is 3.04. The van der Waals surface area contributed by atoms with Gasteiger partial charge in [0.1, 0.15) is 18.1 Å². The van der Waals surface area contributed by atoms with Crippen molar-refractivity contribution in [1.82, 2.24) is 9.55 Å². The zero-order valence-corrected chi connectivity index (χ0v) is 26.7. The molecule has 0 fully saturated rings. The molecule has 2 N–H and O–H groups in total. The predicted molar refractivity (Wildman–Crippen MR) is 178 cm³/mol. The van der Waals surface area contributed by atoms with Crippen molar-refractivity contribution in [1.29, 1.82) is 0 Å². The summed E-state index contributed by atoms with van der Waals surface area (Å²) in [5, 5.41) is 0.811. The number of esters is 1. The van der Waals surface area contributed by atoms with Crippen molar-refractivity contribution in [2.24, 2.45) is 0 Å². The Morgan fingerprint density at radius 1 is 0.867 bits per heavy atom. The lowest BCUT2D eigenvalue weighted by Gasteiger charge is -2.21. The van der Waals surface area contributed by atoms with Gasteiger partial charge in [0.25, 0.3) is 5.56 Å². The van der Waals surface area contributed by atoms with Gasteiger partial charge in [-0.25, -0.2) is 4.79 Å². The number of carbonyl (C=O) groups is 1. The van der Waals surface area contributed by atoms with Crippen LogP contribution in [-0.2, 0) is 11.3 Å². The highest BCUT2D eigenvalue weighted by molar-refractivity contribution is 6.08. The maximum absolute atomic E-state index is 14.3. The fourth-order valence-electron chi connectivity index (χ4n) is 4.89. The van der Waals surface area contributed by atoms with Crippen molar-refractivity contribution in [3.8, 4) is 39.8 Å². The fourth-order valence-corrected chi connectivity index (χ4v) is 4.89. The third-order valence-electron chi connectivity index (χ3n) is 6.84. The first-order valence-electron chi connectivity index (χ1n) is 13.5. The number of aromatic nitrogens is 2. The van der Waals surface area contributed by atoms with Crippen LogP contribution in [0, 0.1) is 0 Å². The number of hydrogen-bond acceptors (Lipinski definition) is 9. The molecule has 0 aliphatic carbocycles. The van der Waals surface area contributed by atoms with Crippen LogP contribution in [0.5, 0.6) is 23.0 Å². The third kappa shape index (κ3) is 6.92. The van der Waals surface area contributed by atoms with Gasteiger partial charge in [0.2, 0.25) is 5.75 Å². The molecule has 0 saturated heterocycles. The molecule has 2 aromatic heterocycles. The summed E-state index contributed by atoms with van der Waals surface area (Å²) in [5.41, 5.74) is 8.17. The van der Waals surface area contributed by atoms with Crippen LogP contribution in [0.2, 0.25) is 0 Å². The summed E-state index contributed by atoms with van der Waals surface area (Å²) in [5.74, 6) is 0.907. The van der Waals surface area contributed by atoms with Gasteiger partial charge < -0.3 is 29.4 Å². The number of nitrogen functional groups attached to an aromatic ring is 1. The number of benzene rings is 3. The fraction of sp³-hybridized carbons (Fsp3) is 0.182. The topological polar surface area (TPSA) is 124 Å². The van der Waals surface area contributed by atoms with Gasteiger partial charge in [-0.3, -0.25) is 14.3 Å². The monoisotopic (exact) mass is 653 g/mol. The number of carbonyl (C=O) groups excluding carboxylic acids is 1. The summed E-state index contributed by atoms with van der Waals surface area (Å²) in [6.45, 7) is 2.01. The molecule has 0 saturated carbocycles. The molecule has 5 aromatic rings. The van der Waals surface area contributed by atoms with Crippen LogP contribution in [0.15, 0.2) is 83.8 Å². The normalized spacial score (nSPS) is 10.3. The summed E-state index contributed by atoms with van der Waals surface area (Å²) in [6.07, 6.45) is 1.69. The number of rotatable bonds is 10. The minimum atomic E-state index is -0.683. The first-order chi connectivity index (χ1) is 20.9. The van der Waals surface area contributed by atoms with Gasteiger partial charge in [0.15, 0.2) is 11.5 Å². The summed E-state index contributed by atoms with van der Waals surface area (Å²) in [7, 11) is 4.52. The zero-order valence-electron chi connectivity index (χ0n) is 25.1. The number of hydrogen-bond donors (Lipinski definition) is 1. The van der Waals surface area contributed by atoms with E-state index in [1.54, 1.807) is 67.7 Å². The molecule has 0 unspecified atom stereocenters. The van der Waals surface area contributed by atoms with Crippen LogP contribution in [0.25, 0.3) is 27.6 Å². The maximum atomic E-state index is 14.3. The van der Waals surface area contributed by atoms with Crippen molar-refractivity contribution in [3.63, 3.8) is 0 Å². The van der Waals surface area contributed by atoms with Gasteiger partial charge in [-0.05, 0) is 84.6 Å². The highest BCUT2D eigenvalue weighted by Gasteiger charge is 2.27. The summed E-state index contributed by atoms with van der Waals surface area (Å²) < 4.78 is 29.6. The molecule has 0 atom stereocenters. The van der Waals surface area contributed by atoms with E-state index in [0.29, 0.717) is 56.3 Å². The van der Waals surface area contributed by atoms with Crippen molar-refractivity contribution < 1.29 is 28.5 Å². The standard InChI is InChI=1S/C33H31N3O7.2ClH/c1-5-42-33(38)30-29(20-16-27(39-2)31(41-4)28(17-20)40-3)25-14-13-24(43-19-22-8-6-7-15-35-22)18-26(25)32(37)36(30)23-11-9-21(34)10-12-23;;/h6-18H,5,19,34H2,1-4H3;2*1H. The van der Waals surface area contributed by atoms with E-state index >= 15 is 0 Å². The Bertz CT molecular complexity index is 1820. The number of halogens is 2. The molecule has 0 spiro atoms. The number of nitrogens with zero attached hydrogens (tertiary/aromatic N) is 2. The van der Waals surface area contributed by atoms with Crippen molar-refractivity contribution in [2.75, 3.05) is 33.7 Å². The van der Waals surface area contributed by atoms with E-state index < -0.39 is 11.5 Å². The molecular weight excluding hydrogens is 621 g/mol. The molecule has 10 nitrogen and oxygen atoms in total. The van der Waals surface area contributed by atoms with Gasteiger partial charge >= 0.3 is 5.97 Å². The van der Waals surface area contributed by atoms with Gasteiger partial charge in [0, 0.05) is 23.1 Å². The van der Waals surface area contributed by atoms with Crippen molar-refractivity contribution >= 4 is 47.2 Å². The Balaban J connectivity index is 0.00000276. The molecule has 0 aliphatic rings. The van der Waals surface area contributed by atoms with Gasteiger partial charge in [-0.15, -0.1) is 24.8 Å². The zero-order chi connectivity index (χ0) is 30.5. The molecule has 0 radical (unpaired) electrons. The highest BCUT2D eigenvalue weighted by atomic mass is 35.5. The largest absolute Gasteiger partial charge is 0.493 e. The third-order valence-corrected chi connectivity index (χ3v) is 6.84. The van der Waals surface area contributed by atoms with Crippen molar-refractivity contribution in [2.45, 2.75) is 13.5 Å². The number of fused-ring (bicyclic) bond motifs is 1. The quantitative estimate of drug-likeness (QED) is 0.137. The lowest BCUT2D eigenvalue weighted by Crippen LogP contribution is -2.27. The van der Waals surface area contributed by atoms with Crippen LogP contribution in [0.1, 0.15) is 23.1 Å². The first-order valence-corrected chi connectivity index (χ1v) is 13.5. The lowest BCUT2D eigenvalue weighted by molar-refractivity contribution is 0.0517. The van der Waals surface area contributed by atoms with E-state index in [4.69, 9.17) is 29.4 Å². The molecular formula is C33H33Cl2N3O7. The molecule has 0 amide bonds. The SMILES string of the molecule is CCOC(=O)c1c(-c2cc(OC)c(OC)c(OC)c2)c2ccc(OCc3ccccn3)cc2c(=O)n1-c1ccc(N)cc1.Cl.Cl. The predicted octanol–water partition coefficient (Wildman–Crippen LogP) is 6.26. The van der Waals surface area contributed by atoms with Crippen LogP contribution in [-0.4, -0.2) is 43.5 Å². The summed E-state index contributed by atoms with van der Waals surface area (Å²) in [6, 6.07) is 20.8. The number of pyridine rings is 2. The number of ether oxygens (including phenoxy) is 5. The van der Waals surface area contributed by atoms with Crippen LogP contribution < -0.4 is 30.2 Å². The molecule has 2 heterocycles. The molecule has 236 valence electrons. The van der Waals surface area contributed by atoms with E-state index in [1.807, 2.05) is 18.2 Å². The highest BCUT2D eigenvalue weighted by Crippen LogP contribution is 2.44. The van der Waals surface area contributed by atoms with Gasteiger partial charge in [-0.1, -0.05) is 6.07 Å². The number of methoxy groups -OCH3 is 3. The smallest absolute Gasteiger partial charge is 0.356 e. The van der Waals surface area contributed by atoms with Crippen LogP contribution >= 0.6 is 24.8 Å². The Morgan fingerprint density at radius 3 is 2.13 bits per heavy atom. The van der Waals surface area contributed by atoms with E-state index in [0.717, 1.165) is 5.69 Å². The molecule has 12 heteroatoms. The number of anilines is 1. The minimum Gasteiger partial charge on any atom is -0.493 e. The molecule has 0 bridgehead atoms. The van der Waals surface area contributed by atoms with E-state index in [1.165, 1.54) is 25.9 Å². The number of nitrogens with two attached hydrogens (primary N) is 1. The van der Waals surface area contributed by atoms with Crippen LogP contribution in [0.4, 0.5) is 5.69 Å². The van der Waals surface area contributed by atoms with Crippen molar-refractivity contribution in [3.05, 3.63) is 101 Å². The van der Waals surface area contributed by atoms with E-state index in [-0.39, 0.29) is 43.7 Å².